The number of ether oxygens (including phenoxy) is 1. The molecule has 2 N–H and O–H groups in total. The molecule has 15 heavy (non-hydrogen) atoms. The van der Waals surface area contributed by atoms with Gasteiger partial charge in [-0.05, 0) is 30.5 Å². The lowest BCUT2D eigenvalue weighted by Gasteiger charge is -2.13. The molecule has 1 rings (SSSR count). The average Bonchev–Trinajstić information content (AvgIpc) is 2.20. The molecule has 0 aliphatic rings. The number of benzene rings is 1. The summed E-state index contributed by atoms with van der Waals surface area (Å²) in [6.45, 7) is 1.92. The van der Waals surface area contributed by atoms with Crippen LogP contribution in [0.4, 0.5) is 8.78 Å². The summed E-state index contributed by atoms with van der Waals surface area (Å²) >= 11 is 0. The summed E-state index contributed by atoms with van der Waals surface area (Å²) in [6.07, 6.45) is -2.38. The Kier molecular flexibility index (Phi) is 4.03. The minimum Gasteiger partial charge on any atom is -0.496 e. The summed E-state index contributed by atoms with van der Waals surface area (Å²) in [5, 5.41) is 0. The molecule has 0 saturated heterocycles. The lowest BCUT2D eigenvalue weighted by molar-refractivity contribution is 0.115. The molecule has 2 nitrogen and oxygen atoms in total. The van der Waals surface area contributed by atoms with Crippen LogP contribution in [-0.2, 0) is 6.42 Å². The molecule has 0 radical (unpaired) electrons. The van der Waals surface area contributed by atoms with Crippen molar-refractivity contribution in [2.75, 3.05) is 7.11 Å². The summed E-state index contributed by atoms with van der Waals surface area (Å²) in [4.78, 5) is 0. The van der Waals surface area contributed by atoms with E-state index in [1.54, 1.807) is 6.07 Å². The molecule has 0 aromatic heterocycles. The van der Waals surface area contributed by atoms with Gasteiger partial charge in [-0.2, -0.15) is 0 Å². The molecule has 0 saturated carbocycles. The monoisotopic (exact) mass is 215 g/mol. The van der Waals surface area contributed by atoms with Crippen molar-refractivity contribution in [3.05, 3.63) is 29.3 Å². The first-order valence-corrected chi connectivity index (χ1v) is 4.72. The van der Waals surface area contributed by atoms with E-state index in [0.29, 0.717) is 5.75 Å². The molecule has 84 valence electrons. The van der Waals surface area contributed by atoms with E-state index in [1.807, 2.05) is 19.1 Å². The third kappa shape index (κ3) is 3.16. The van der Waals surface area contributed by atoms with E-state index >= 15 is 0 Å². The van der Waals surface area contributed by atoms with E-state index in [1.165, 1.54) is 7.11 Å². The SMILES string of the molecule is COc1cc(C)ccc1CC(N)C(F)F. The van der Waals surface area contributed by atoms with Gasteiger partial charge in [0.2, 0.25) is 0 Å². The van der Waals surface area contributed by atoms with Gasteiger partial charge in [0.05, 0.1) is 13.2 Å². The molecule has 1 unspecified atom stereocenters. The predicted octanol–water partition coefficient (Wildman–Crippen LogP) is 2.14. The molecule has 1 atom stereocenters. The van der Waals surface area contributed by atoms with Crippen LogP contribution in [0.25, 0.3) is 0 Å². The van der Waals surface area contributed by atoms with Crippen molar-refractivity contribution in [3.8, 4) is 5.75 Å². The van der Waals surface area contributed by atoms with Gasteiger partial charge >= 0.3 is 0 Å². The zero-order valence-electron chi connectivity index (χ0n) is 8.84. The number of alkyl halides is 2. The second-order valence-electron chi connectivity index (χ2n) is 3.52. The molecule has 4 heteroatoms. The Morgan fingerprint density at radius 2 is 2.07 bits per heavy atom. The summed E-state index contributed by atoms with van der Waals surface area (Å²) in [7, 11) is 1.52. The molecule has 0 aliphatic carbocycles. The van der Waals surface area contributed by atoms with Gasteiger partial charge in [-0.3, -0.25) is 0 Å². The van der Waals surface area contributed by atoms with Crippen molar-refractivity contribution < 1.29 is 13.5 Å². The molecule has 0 spiro atoms. The molecule has 0 fully saturated rings. The van der Waals surface area contributed by atoms with Crippen molar-refractivity contribution in [3.63, 3.8) is 0 Å². The summed E-state index contributed by atoms with van der Waals surface area (Å²) in [6, 6.07) is 4.31. The van der Waals surface area contributed by atoms with Crippen LogP contribution in [0.1, 0.15) is 11.1 Å². The minimum absolute atomic E-state index is 0.126. The van der Waals surface area contributed by atoms with Crippen molar-refractivity contribution in [2.45, 2.75) is 25.8 Å². The zero-order valence-corrected chi connectivity index (χ0v) is 8.84. The number of hydrogen-bond acceptors (Lipinski definition) is 2. The average molecular weight is 215 g/mol. The van der Waals surface area contributed by atoms with Crippen molar-refractivity contribution in [2.24, 2.45) is 5.73 Å². The fraction of sp³-hybridized carbons (Fsp3) is 0.455. The van der Waals surface area contributed by atoms with Crippen molar-refractivity contribution >= 4 is 0 Å². The first-order chi connectivity index (χ1) is 7.04. The summed E-state index contributed by atoms with van der Waals surface area (Å²) < 4.78 is 29.6. The van der Waals surface area contributed by atoms with Gasteiger partial charge in [0.15, 0.2) is 0 Å². The largest absolute Gasteiger partial charge is 0.496 e. The number of hydrogen-bond donors (Lipinski definition) is 1. The predicted molar refractivity (Wildman–Crippen MR) is 55.4 cm³/mol. The standard InChI is InChI=1S/C11H15F2NO/c1-7-3-4-8(10(5-7)15-2)6-9(14)11(12)13/h3-5,9,11H,6,14H2,1-2H3. The van der Waals surface area contributed by atoms with Gasteiger partial charge in [0.1, 0.15) is 5.75 Å². The highest BCUT2D eigenvalue weighted by Gasteiger charge is 2.17. The second kappa shape index (κ2) is 5.07. The van der Waals surface area contributed by atoms with Crippen LogP contribution in [0.3, 0.4) is 0 Å². The van der Waals surface area contributed by atoms with E-state index in [9.17, 15) is 8.78 Å². The van der Waals surface area contributed by atoms with Gasteiger partial charge in [0.25, 0.3) is 6.43 Å². The lowest BCUT2D eigenvalue weighted by atomic mass is 10.0. The smallest absolute Gasteiger partial charge is 0.253 e. The van der Waals surface area contributed by atoms with Crippen LogP contribution in [0.15, 0.2) is 18.2 Å². The minimum atomic E-state index is -2.50. The Balaban J connectivity index is 2.84. The van der Waals surface area contributed by atoms with E-state index < -0.39 is 12.5 Å². The fourth-order valence-electron chi connectivity index (χ4n) is 1.36. The molecular weight excluding hydrogens is 200 g/mol. The highest BCUT2D eigenvalue weighted by atomic mass is 19.3. The van der Waals surface area contributed by atoms with E-state index in [0.717, 1.165) is 11.1 Å². The summed E-state index contributed by atoms with van der Waals surface area (Å²) in [5.74, 6) is 0.617. The van der Waals surface area contributed by atoms with Crippen LogP contribution >= 0.6 is 0 Å². The van der Waals surface area contributed by atoms with E-state index in [-0.39, 0.29) is 6.42 Å². The summed E-state index contributed by atoms with van der Waals surface area (Å²) in [5.41, 5.74) is 7.05. The number of rotatable bonds is 4. The Morgan fingerprint density at radius 1 is 1.40 bits per heavy atom. The van der Waals surface area contributed by atoms with Gasteiger partial charge in [-0.15, -0.1) is 0 Å². The van der Waals surface area contributed by atoms with Gasteiger partial charge < -0.3 is 10.5 Å². The maximum Gasteiger partial charge on any atom is 0.253 e. The third-order valence-electron chi connectivity index (χ3n) is 2.22. The number of nitrogens with two attached hydrogens (primary N) is 1. The normalized spacial score (nSPS) is 12.9. The third-order valence-corrected chi connectivity index (χ3v) is 2.22. The first-order valence-electron chi connectivity index (χ1n) is 4.72. The fourth-order valence-corrected chi connectivity index (χ4v) is 1.36. The Labute approximate surface area is 88.0 Å². The quantitative estimate of drug-likeness (QED) is 0.835. The van der Waals surface area contributed by atoms with Crippen LogP contribution in [0.5, 0.6) is 5.75 Å². The second-order valence-corrected chi connectivity index (χ2v) is 3.52. The van der Waals surface area contributed by atoms with Crippen LogP contribution in [-0.4, -0.2) is 19.6 Å². The molecule has 0 amide bonds. The van der Waals surface area contributed by atoms with Gasteiger partial charge in [-0.1, -0.05) is 12.1 Å². The molecule has 1 aromatic carbocycles. The van der Waals surface area contributed by atoms with Crippen LogP contribution in [0, 0.1) is 6.92 Å². The molecule has 0 bridgehead atoms. The zero-order chi connectivity index (χ0) is 11.4. The molecule has 0 aliphatic heterocycles. The topological polar surface area (TPSA) is 35.2 Å². The highest BCUT2D eigenvalue weighted by molar-refractivity contribution is 5.37. The van der Waals surface area contributed by atoms with E-state index in [2.05, 4.69) is 0 Å². The number of halogens is 2. The van der Waals surface area contributed by atoms with Crippen molar-refractivity contribution in [1.82, 2.24) is 0 Å². The Bertz CT molecular complexity index is 328. The molecule has 0 heterocycles. The maximum absolute atomic E-state index is 12.3. The number of methoxy groups -OCH3 is 1. The molecular formula is C11H15F2NO. The highest BCUT2D eigenvalue weighted by Crippen LogP contribution is 2.22. The van der Waals surface area contributed by atoms with Crippen LogP contribution in [0.2, 0.25) is 0 Å². The Morgan fingerprint density at radius 3 is 2.60 bits per heavy atom. The first kappa shape index (κ1) is 11.9. The van der Waals surface area contributed by atoms with Crippen LogP contribution < -0.4 is 10.5 Å². The maximum atomic E-state index is 12.3. The van der Waals surface area contributed by atoms with Gasteiger partial charge in [0, 0.05) is 0 Å². The Hall–Kier alpha value is -1.16. The molecule has 1 aromatic rings. The van der Waals surface area contributed by atoms with Gasteiger partial charge in [-0.25, -0.2) is 8.78 Å². The lowest BCUT2D eigenvalue weighted by Crippen LogP contribution is -2.31. The van der Waals surface area contributed by atoms with Crippen molar-refractivity contribution in [1.29, 1.82) is 0 Å². The number of aryl methyl sites for hydroxylation is 1. The van der Waals surface area contributed by atoms with E-state index in [4.69, 9.17) is 10.5 Å².